The average Bonchev–Trinajstić information content (AvgIpc) is 2.70. The van der Waals surface area contributed by atoms with Crippen molar-refractivity contribution >= 4 is 23.1 Å². The molecule has 1 aromatic heterocycles. The number of nitrogens with one attached hydrogen (secondary N) is 2. The van der Waals surface area contributed by atoms with Crippen molar-refractivity contribution in [1.82, 2.24) is 4.98 Å². The Balaban J connectivity index is 1.71. The molecule has 0 aliphatic rings. The highest BCUT2D eigenvalue weighted by atomic mass is 19.1. The predicted molar refractivity (Wildman–Crippen MR) is 101 cm³/mol. The van der Waals surface area contributed by atoms with Crippen molar-refractivity contribution in [2.24, 2.45) is 0 Å². The maximum Gasteiger partial charge on any atom is 0.257 e. The van der Waals surface area contributed by atoms with E-state index in [4.69, 9.17) is 9.47 Å². The lowest BCUT2D eigenvalue weighted by molar-refractivity contribution is 0.102. The Hall–Kier alpha value is -3.61. The van der Waals surface area contributed by atoms with Gasteiger partial charge in [-0.3, -0.25) is 4.79 Å². The van der Waals surface area contributed by atoms with Crippen LogP contribution in [0.4, 0.5) is 21.6 Å². The Kier molecular flexibility index (Phi) is 5.51. The first-order valence-corrected chi connectivity index (χ1v) is 8.11. The molecule has 3 rings (SSSR count). The molecule has 1 amide bonds. The standard InChI is InChI=1S/C20H18FN3O3/c1-26-16-8-9-18(27-2)17(11-16)24-20(25)13-3-10-19(22-12-13)23-15-6-4-14(21)5-7-15/h3-12H,1-2H3,(H,22,23)(H,24,25). The molecule has 0 aliphatic heterocycles. The smallest absolute Gasteiger partial charge is 0.257 e. The number of aromatic nitrogens is 1. The van der Waals surface area contributed by atoms with E-state index >= 15 is 0 Å². The number of anilines is 3. The lowest BCUT2D eigenvalue weighted by Crippen LogP contribution is -2.13. The summed E-state index contributed by atoms with van der Waals surface area (Å²) >= 11 is 0. The zero-order chi connectivity index (χ0) is 19.2. The van der Waals surface area contributed by atoms with Crippen LogP contribution in [0.3, 0.4) is 0 Å². The topological polar surface area (TPSA) is 72.5 Å². The second-order valence-electron chi connectivity index (χ2n) is 5.58. The molecule has 27 heavy (non-hydrogen) atoms. The van der Waals surface area contributed by atoms with Gasteiger partial charge in [0.15, 0.2) is 0 Å². The highest BCUT2D eigenvalue weighted by Crippen LogP contribution is 2.29. The number of ether oxygens (including phenoxy) is 2. The van der Waals surface area contributed by atoms with Crippen LogP contribution in [0, 0.1) is 5.82 Å². The van der Waals surface area contributed by atoms with Crippen molar-refractivity contribution in [3.05, 3.63) is 72.2 Å². The van der Waals surface area contributed by atoms with Crippen LogP contribution >= 0.6 is 0 Å². The van der Waals surface area contributed by atoms with Gasteiger partial charge in [0.2, 0.25) is 0 Å². The summed E-state index contributed by atoms with van der Waals surface area (Å²) in [5.74, 6) is 1.02. The van der Waals surface area contributed by atoms with E-state index in [9.17, 15) is 9.18 Å². The SMILES string of the molecule is COc1ccc(OC)c(NC(=O)c2ccc(Nc3ccc(F)cc3)nc2)c1. The third-order valence-corrected chi connectivity index (χ3v) is 3.80. The van der Waals surface area contributed by atoms with Gasteiger partial charge in [0.1, 0.15) is 23.1 Å². The first-order valence-electron chi connectivity index (χ1n) is 8.11. The van der Waals surface area contributed by atoms with Gasteiger partial charge in [-0.05, 0) is 48.5 Å². The molecular formula is C20H18FN3O3. The van der Waals surface area contributed by atoms with Crippen molar-refractivity contribution in [2.45, 2.75) is 0 Å². The number of hydrogen-bond donors (Lipinski definition) is 2. The number of hydrogen-bond acceptors (Lipinski definition) is 5. The second-order valence-corrected chi connectivity index (χ2v) is 5.58. The number of carbonyl (C=O) groups excluding carboxylic acids is 1. The zero-order valence-corrected chi connectivity index (χ0v) is 14.8. The van der Waals surface area contributed by atoms with Gasteiger partial charge < -0.3 is 20.1 Å². The van der Waals surface area contributed by atoms with Crippen LogP contribution in [0.25, 0.3) is 0 Å². The molecule has 0 saturated carbocycles. The van der Waals surface area contributed by atoms with Crippen LogP contribution in [0.2, 0.25) is 0 Å². The van der Waals surface area contributed by atoms with Crippen molar-refractivity contribution in [1.29, 1.82) is 0 Å². The van der Waals surface area contributed by atoms with Crippen LogP contribution in [0.1, 0.15) is 10.4 Å². The molecule has 0 spiro atoms. The van der Waals surface area contributed by atoms with E-state index in [1.54, 1.807) is 49.6 Å². The van der Waals surface area contributed by atoms with E-state index in [-0.39, 0.29) is 11.7 Å². The Morgan fingerprint density at radius 1 is 1.00 bits per heavy atom. The summed E-state index contributed by atoms with van der Waals surface area (Å²) in [6.07, 6.45) is 1.45. The van der Waals surface area contributed by atoms with Crippen LogP contribution in [-0.2, 0) is 0 Å². The van der Waals surface area contributed by atoms with Gasteiger partial charge in [-0.25, -0.2) is 9.37 Å². The fraction of sp³-hybridized carbons (Fsp3) is 0.100. The summed E-state index contributed by atoms with van der Waals surface area (Å²) in [5.41, 5.74) is 1.57. The van der Waals surface area contributed by atoms with E-state index in [0.717, 1.165) is 0 Å². The molecule has 0 aliphatic carbocycles. The maximum absolute atomic E-state index is 12.9. The summed E-state index contributed by atoms with van der Waals surface area (Å²) in [6, 6.07) is 14.3. The number of carbonyl (C=O) groups is 1. The normalized spacial score (nSPS) is 10.2. The Morgan fingerprint density at radius 2 is 1.78 bits per heavy atom. The minimum Gasteiger partial charge on any atom is -0.497 e. The van der Waals surface area contributed by atoms with Crippen LogP contribution in [-0.4, -0.2) is 25.1 Å². The van der Waals surface area contributed by atoms with Gasteiger partial charge in [0.25, 0.3) is 5.91 Å². The number of methoxy groups -OCH3 is 2. The molecule has 0 radical (unpaired) electrons. The molecule has 138 valence electrons. The Morgan fingerprint density at radius 3 is 2.41 bits per heavy atom. The first-order chi connectivity index (χ1) is 13.1. The Labute approximate surface area is 156 Å². The maximum atomic E-state index is 12.9. The molecule has 1 heterocycles. The van der Waals surface area contributed by atoms with E-state index < -0.39 is 0 Å². The molecular weight excluding hydrogens is 349 g/mol. The highest BCUT2D eigenvalue weighted by molar-refractivity contribution is 6.05. The second kappa shape index (κ2) is 8.18. The third-order valence-electron chi connectivity index (χ3n) is 3.80. The summed E-state index contributed by atoms with van der Waals surface area (Å²) in [7, 11) is 3.07. The quantitative estimate of drug-likeness (QED) is 0.682. The van der Waals surface area contributed by atoms with Gasteiger partial charge in [-0.15, -0.1) is 0 Å². The fourth-order valence-electron chi connectivity index (χ4n) is 2.39. The van der Waals surface area contributed by atoms with Crippen molar-refractivity contribution in [2.75, 3.05) is 24.9 Å². The number of amides is 1. The Bertz CT molecular complexity index is 928. The average molecular weight is 367 g/mol. The van der Waals surface area contributed by atoms with Crippen molar-refractivity contribution in [3.8, 4) is 11.5 Å². The largest absolute Gasteiger partial charge is 0.497 e. The van der Waals surface area contributed by atoms with E-state index in [1.807, 2.05) is 0 Å². The zero-order valence-electron chi connectivity index (χ0n) is 14.8. The van der Waals surface area contributed by atoms with Crippen molar-refractivity contribution < 1.29 is 18.7 Å². The first kappa shape index (κ1) is 18.2. The number of halogens is 1. The minimum atomic E-state index is -0.331. The van der Waals surface area contributed by atoms with Gasteiger partial charge in [0, 0.05) is 18.0 Å². The monoisotopic (exact) mass is 367 g/mol. The predicted octanol–water partition coefficient (Wildman–Crippen LogP) is 4.23. The van der Waals surface area contributed by atoms with Crippen LogP contribution in [0.5, 0.6) is 11.5 Å². The van der Waals surface area contributed by atoms with Crippen molar-refractivity contribution in [3.63, 3.8) is 0 Å². The van der Waals surface area contributed by atoms with Crippen LogP contribution in [0.15, 0.2) is 60.8 Å². The minimum absolute atomic E-state index is 0.312. The van der Waals surface area contributed by atoms with E-state index in [2.05, 4.69) is 15.6 Å². The summed E-state index contributed by atoms with van der Waals surface area (Å²) in [5, 5.41) is 5.82. The lowest BCUT2D eigenvalue weighted by Gasteiger charge is -2.12. The third kappa shape index (κ3) is 4.52. The number of benzene rings is 2. The molecule has 0 saturated heterocycles. The summed E-state index contributed by atoms with van der Waals surface area (Å²) < 4.78 is 23.4. The molecule has 0 fully saturated rings. The summed E-state index contributed by atoms with van der Waals surface area (Å²) in [6.45, 7) is 0. The molecule has 2 N–H and O–H groups in total. The fourth-order valence-corrected chi connectivity index (χ4v) is 2.39. The molecule has 7 heteroatoms. The van der Waals surface area contributed by atoms with Gasteiger partial charge in [0.05, 0.1) is 25.5 Å². The highest BCUT2D eigenvalue weighted by Gasteiger charge is 2.11. The number of nitrogens with zero attached hydrogens (tertiary/aromatic N) is 1. The van der Waals surface area contributed by atoms with E-state index in [0.29, 0.717) is 34.3 Å². The molecule has 2 aromatic carbocycles. The number of pyridine rings is 1. The van der Waals surface area contributed by atoms with Gasteiger partial charge in [-0.2, -0.15) is 0 Å². The van der Waals surface area contributed by atoms with E-state index in [1.165, 1.54) is 25.4 Å². The molecule has 0 bridgehead atoms. The van der Waals surface area contributed by atoms with Crippen LogP contribution < -0.4 is 20.1 Å². The van der Waals surface area contributed by atoms with Gasteiger partial charge >= 0.3 is 0 Å². The number of rotatable bonds is 6. The molecule has 0 unspecified atom stereocenters. The molecule has 0 atom stereocenters. The lowest BCUT2D eigenvalue weighted by atomic mass is 10.2. The van der Waals surface area contributed by atoms with Gasteiger partial charge in [-0.1, -0.05) is 0 Å². The summed E-state index contributed by atoms with van der Waals surface area (Å²) in [4.78, 5) is 16.7. The molecule has 3 aromatic rings. The molecule has 6 nitrogen and oxygen atoms in total.